The maximum absolute atomic E-state index is 12.9. The predicted molar refractivity (Wildman–Crippen MR) is 126 cm³/mol. The summed E-state index contributed by atoms with van der Waals surface area (Å²) in [6.07, 6.45) is 2.50. The minimum absolute atomic E-state index is 0.0679. The number of piperidine rings is 1. The molecule has 0 saturated carbocycles. The molecule has 1 aliphatic heterocycles. The summed E-state index contributed by atoms with van der Waals surface area (Å²) in [5.41, 5.74) is 1.55. The Labute approximate surface area is 194 Å². The highest BCUT2D eigenvalue weighted by atomic mass is 35.5. The van der Waals surface area contributed by atoms with Gasteiger partial charge in [0.05, 0.1) is 36.6 Å². The summed E-state index contributed by atoms with van der Waals surface area (Å²) in [4.78, 5) is 12.9. The summed E-state index contributed by atoms with van der Waals surface area (Å²) in [6.45, 7) is 0.613. The van der Waals surface area contributed by atoms with E-state index in [-0.39, 0.29) is 18.2 Å². The number of sulfonamides is 1. The molecule has 1 N–H and O–H groups in total. The third-order valence-electron chi connectivity index (χ3n) is 5.59. The first-order valence-electron chi connectivity index (χ1n) is 10.6. The summed E-state index contributed by atoms with van der Waals surface area (Å²) >= 11 is 6.12. The zero-order valence-electron chi connectivity index (χ0n) is 18.3. The van der Waals surface area contributed by atoms with Crippen LogP contribution in [-0.4, -0.2) is 51.7 Å². The second-order valence-electron chi connectivity index (χ2n) is 7.78. The molecule has 7 nitrogen and oxygen atoms in total. The number of methoxy groups -OCH3 is 2. The van der Waals surface area contributed by atoms with Gasteiger partial charge in [0, 0.05) is 25.2 Å². The molecule has 0 radical (unpaired) electrons. The number of anilines is 1. The molecule has 0 aromatic heterocycles. The van der Waals surface area contributed by atoms with Crippen molar-refractivity contribution in [3.8, 4) is 11.5 Å². The van der Waals surface area contributed by atoms with Crippen molar-refractivity contribution in [2.45, 2.75) is 25.7 Å². The molecular formula is C23H29ClN2O5S. The van der Waals surface area contributed by atoms with Gasteiger partial charge in [0.2, 0.25) is 15.9 Å². The Morgan fingerprint density at radius 3 is 2.56 bits per heavy atom. The van der Waals surface area contributed by atoms with Crippen LogP contribution in [0.1, 0.15) is 24.8 Å². The molecule has 32 heavy (non-hydrogen) atoms. The number of carbonyl (C=O) groups excluding carboxylic acids is 1. The van der Waals surface area contributed by atoms with Gasteiger partial charge in [-0.2, -0.15) is 0 Å². The van der Waals surface area contributed by atoms with Gasteiger partial charge in [-0.15, -0.1) is 0 Å². The maximum Gasteiger partial charge on any atom is 0.228 e. The van der Waals surface area contributed by atoms with Crippen molar-refractivity contribution >= 4 is 33.2 Å². The second kappa shape index (κ2) is 11.0. The van der Waals surface area contributed by atoms with Crippen LogP contribution in [0.4, 0.5) is 5.69 Å². The van der Waals surface area contributed by atoms with E-state index in [9.17, 15) is 13.2 Å². The Kier molecular flexibility index (Phi) is 8.39. The van der Waals surface area contributed by atoms with Crippen LogP contribution < -0.4 is 14.8 Å². The average Bonchev–Trinajstić information content (AvgIpc) is 2.80. The van der Waals surface area contributed by atoms with E-state index in [0.29, 0.717) is 54.4 Å². The fourth-order valence-corrected chi connectivity index (χ4v) is 5.65. The van der Waals surface area contributed by atoms with Gasteiger partial charge in [-0.25, -0.2) is 12.7 Å². The number of aryl methyl sites for hydroxylation is 1. The van der Waals surface area contributed by atoms with E-state index in [1.165, 1.54) is 18.5 Å². The summed E-state index contributed by atoms with van der Waals surface area (Å²) in [6, 6.07) is 13.0. The molecule has 9 heteroatoms. The van der Waals surface area contributed by atoms with Crippen molar-refractivity contribution < 1.29 is 22.7 Å². The summed E-state index contributed by atoms with van der Waals surface area (Å²) in [5, 5.41) is 3.21. The molecule has 2 aromatic rings. The molecule has 0 bridgehead atoms. The standard InChI is InChI=1S/C23H29ClN2O5S/c1-30-21-15-20(22(31-2)14-19(21)24)25-23(27)18-11-6-12-26(16-18)32(28,29)13-7-10-17-8-4-3-5-9-17/h3-5,8-9,14-15,18H,6-7,10-13,16H2,1-2H3,(H,25,27)/t18-/m1/s1. The van der Waals surface area contributed by atoms with E-state index in [1.54, 1.807) is 12.1 Å². The van der Waals surface area contributed by atoms with Gasteiger partial charge in [-0.05, 0) is 31.2 Å². The van der Waals surface area contributed by atoms with Gasteiger partial charge in [-0.1, -0.05) is 41.9 Å². The number of rotatable bonds is 9. The Hall–Kier alpha value is -2.29. The lowest BCUT2D eigenvalue weighted by Gasteiger charge is -2.31. The van der Waals surface area contributed by atoms with Gasteiger partial charge in [0.1, 0.15) is 11.5 Å². The molecule has 1 aliphatic rings. The lowest BCUT2D eigenvalue weighted by atomic mass is 9.98. The van der Waals surface area contributed by atoms with Gasteiger partial charge < -0.3 is 14.8 Å². The van der Waals surface area contributed by atoms with Crippen LogP contribution in [0, 0.1) is 5.92 Å². The highest BCUT2D eigenvalue weighted by Crippen LogP contribution is 2.36. The maximum atomic E-state index is 12.9. The minimum Gasteiger partial charge on any atom is -0.495 e. The fraction of sp³-hybridized carbons (Fsp3) is 0.435. The lowest BCUT2D eigenvalue weighted by molar-refractivity contribution is -0.120. The molecule has 3 rings (SSSR count). The van der Waals surface area contributed by atoms with Crippen molar-refractivity contribution in [1.82, 2.24) is 4.31 Å². The molecule has 1 saturated heterocycles. The van der Waals surface area contributed by atoms with Crippen molar-refractivity contribution in [1.29, 1.82) is 0 Å². The minimum atomic E-state index is -3.43. The zero-order valence-corrected chi connectivity index (χ0v) is 19.9. The SMILES string of the molecule is COc1cc(NC(=O)[C@@H]2CCCN(S(=O)(=O)CCCc3ccccc3)C2)c(OC)cc1Cl. The Morgan fingerprint density at radius 1 is 1.16 bits per heavy atom. The van der Waals surface area contributed by atoms with E-state index in [0.717, 1.165) is 5.56 Å². The monoisotopic (exact) mass is 480 g/mol. The first-order valence-corrected chi connectivity index (χ1v) is 12.6. The quantitative estimate of drug-likeness (QED) is 0.587. The van der Waals surface area contributed by atoms with Crippen molar-refractivity contribution in [2.75, 3.05) is 38.4 Å². The number of nitrogens with zero attached hydrogens (tertiary/aromatic N) is 1. The molecule has 0 aliphatic carbocycles. The summed E-state index contributed by atoms with van der Waals surface area (Å²) < 4.78 is 37.7. The molecule has 0 unspecified atom stereocenters. The number of carbonyl (C=O) groups is 1. The van der Waals surface area contributed by atoms with Crippen LogP contribution in [0.5, 0.6) is 11.5 Å². The van der Waals surface area contributed by atoms with Crippen molar-refractivity contribution in [3.05, 3.63) is 53.1 Å². The topological polar surface area (TPSA) is 84.9 Å². The molecule has 1 atom stereocenters. The molecule has 1 amide bonds. The Balaban J connectivity index is 1.62. The number of halogens is 1. The van der Waals surface area contributed by atoms with Crippen LogP contribution in [0.3, 0.4) is 0 Å². The van der Waals surface area contributed by atoms with E-state index in [1.807, 2.05) is 30.3 Å². The third-order valence-corrected chi connectivity index (χ3v) is 7.81. The van der Waals surface area contributed by atoms with Crippen molar-refractivity contribution in [2.24, 2.45) is 5.92 Å². The van der Waals surface area contributed by atoms with E-state index < -0.39 is 15.9 Å². The van der Waals surface area contributed by atoms with Gasteiger partial charge in [0.15, 0.2) is 0 Å². The Morgan fingerprint density at radius 2 is 1.88 bits per heavy atom. The van der Waals surface area contributed by atoms with Gasteiger partial charge >= 0.3 is 0 Å². The molecule has 1 heterocycles. The van der Waals surface area contributed by atoms with Gasteiger partial charge in [-0.3, -0.25) is 4.79 Å². The van der Waals surface area contributed by atoms with Crippen LogP contribution in [0.2, 0.25) is 5.02 Å². The largest absolute Gasteiger partial charge is 0.495 e. The molecular weight excluding hydrogens is 452 g/mol. The number of ether oxygens (including phenoxy) is 2. The molecule has 1 fully saturated rings. The molecule has 0 spiro atoms. The second-order valence-corrected chi connectivity index (χ2v) is 10.3. The van der Waals surface area contributed by atoms with E-state index in [2.05, 4.69) is 5.32 Å². The van der Waals surface area contributed by atoms with Crippen LogP contribution in [0.25, 0.3) is 0 Å². The molecule has 174 valence electrons. The number of nitrogens with one attached hydrogen (secondary N) is 1. The van der Waals surface area contributed by atoms with Gasteiger partial charge in [0.25, 0.3) is 0 Å². The zero-order chi connectivity index (χ0) is 23.1. The average molecular weight is 481 g/mol. The smallest absolute Gasteiger partial charge is 0.228 e. The summed E-state index contributed by atoms with van der Waals surface area (Å²) in [7, 11) is -0.459. The predicted octanol–water partition coefficient (Wildman–Crippen LogP) is 3.97. The first-order chi connectivity index (χ1) is 15.3. The fourth-order valence-electron chi connectivity index (χ4n) is 3.83. The van der Waals surface area contributed by atoms with Crippen LogP contribution in [0.15, 0.2) is 42.5 Å². The van der Waals surface area contributed by atoms with E-state index >= 15 is 0 Å². The number of hydrogen-bond donors (Lipinski definition) is 1. The van der Waals surface area contributed by atoms with Crippen LogP contribution in [-0.2, 0) is 21.2 Å². The van der Waals surface area contributed by atoms with Crippen LogP contribution >= 0.6 is 11.6 Å². The van der Waals surface area contributed by atoms with Crippen molar-refractivity contribution in [3.63, 3.8) is 0 Å². The normalized spacial score (nSPS) is 17.0. The highest BCUT2D eigenvalue weighted by Gasteiger charge is 2.32. The number of hydrogen-bond acceptors (Lipinski definition) is 5. The number of benzene rings is 2. The lowest BCUT2D eigenvalue weighted by Crippen LogP contribution is -2.44. The number of amides is 1. The Bertz CT molecular complexity index is 1030. The first kappa shape index (κ1) is 24.4. The summed E-state index contributed by atoms with van der Waals surface area (Å²) in [5.74, 6) is 0.189. The van der Waals surface area contributed by atoms with E-state index in [4.69, 9.17) is 21.1 Å². The molecule has 2 aromatic carbocycles. The third kappa shape index (κ3) is 6.15. The highest BCUT2D eigenvalue weighted by molar-refractivity contribution is 7.89.